The fraction of sp³-hybridized carbons (Fsp3) is 0.300. The Kier molecular flexibility index (Phi) is 5.04. The predicted molar refractivity (Wildman–Crippen MR) is 108 cm³/mol. The van der Waals surface area contributed by atoms with Crippen molar-refractivity contribution in [1.82, 2.24) is 14.9 Å². The van der Waals surface area contributed by atoms with E-state index in [-0.39, 0.29) is 5.56 Å². The number of nitrogens with one attached hydrogen (secondary N) is 2. The summed E-state index contributed by atoms with van der Waals surface area (Å²) in [7, 11) is 0. The maximum Gasteiger partial charge on any atom is 0.260 e. The van der Waals surface area contributed by atoms with Crippen molar-refractivity contribution in [2.45, 2.75) is 25.4 Å². The molecule has 1 fully saturated rings. The van der Waals surface area contributed by atoms with E-state index in [1.165, 1.54) is 5.56 Å². The topological polar surface area (TPSA) is 61.0 Å². The quantitative estimate of drug-likeness (QED) is 0.684. The maximum absolute atomic E-state index is 12.2. The summed E-state index contributed by atoms with van der Waals surface area (Å²) in [6.45, 7) is 3.04. The van der Waals surface area contributed by atoms with Gasteiger partial charge in [-0.25, -0.2) is 4.98 Å². The normalized spacial score (nSPS) is 16.0. The van der Waals surface area contributed by atoms with Gasteiger partial charge in [-0.1, -0.05) is 40.2 Å². The molecule has 0 aliphatic carbocycles. The highest BCUT2D eigenvalue weighted by Crippen LogP contribution is 2.18. The van der Waals surface area contributed by atoms with Crippen molar-refractivity contribution in [2.75, 3.05) is 18.4 Å². The molecule has 0 spiro atoms. The number of nitrogens with zero attached hydrogens (tertiary/aromatic N) is 2. The van der Waals surface area contributed by atoms with Crippen LogP contribution in [0.25, 0.3) is 10.9 Å². The SMILES string of the molecule is O=c1[nH]c(NC2CCN(Cc3ccc(Br)cc3)CC2)nc2ccccc12. The van der Waals surface area contributed by atoms with Gasteiger partial charge < -0.3 is 5.32 Å². The summed E-state index contributed by atoms with van der Waals surface area (Å²) in [5.41, 5.74) is 1.97. The zero-order valence-electron chi connectivity index (χ0n) is 14.4. The molecule has 1 aliphatic heterocycles. The van der Waals surface area contributed by atoms with Crippen LogP contribution in [0.3, 0.4) is 0 Å². The summed E-state index contributed by atoms with van der Waals surface area (Å²) in [6, 6.07) is 16.3. The van der Waals surface area contributed by atoms with E-state index in [4.69, 9.17) is 0 Å². The van der Waals surface area contributed by atoms with Gasteiger partial charge in [0, 0.05) is 30.1 Å². The second-order valence-corrected chi connectivity index (χ2v) is 7.67. The zero-order chi connectivity index (χ0) is 17.9. The Morgan fingerprint density at radius 1 is 1.12 bits per heavy atom. The van der Waals surface area contributed by atoms with Crippen molar-refractivity contribution in [3.63, 3.8) is 0 Å². The minimum absolute atomic E-state index is 0.0919. The van der Waals surface area contributed by atoms with Crippen molar-refractivity contribution < 1.29 is 0 Å². The molecular weight excluding hydrogens is 392 g/mol. The predicted octanol–water partition coefficient (Wildman–Crippen LogP) is 3.76. The molecule has 134 valence electrons. The highest BCUT2D eigenvalue weighted by molar-refractivity contribution is 9.10. The first-order valence-electron chi connectivity index (χ1n) is 8.90. The molecule has 1 aliphatic rings. The number of likely N-dealkylation sites (tertiary alicyclic amines) is 1. The molecule has 4 rings (SSSR count). The van der Waals surface area contributed by atoms with Gasteiger partial charge in [0.2, 0.25) is 5.95 Å². The first kappa shape index (κ1) is 17.2. The number of piperidine rings is 1. The van der Waals surface area contributed by atoms with Crippen LogP contribution >= 0.6 is 15.9 Å². The Morgan fingerprint density at radius 3 is 2.62 bits per heavy atom. The molecule has 6 heteroatoms. The van der Waals surface area contributed by atoms with Crippen LogP contribution in [0.15, 0.2) is 57.8 Å². The third kappa shape index (κ3) is 3.97. The fourth-order valence-corrected chi connectivity index (χ4v) is 3.70. The lowest BCUT2D eigenvalue weighted by atomic mass is 10.0. The van der Waals surface area contributed by atoms with E-state index in [1.54, 1.807) is 6.07 Å². The second kappa shape index (κ2) is 7.60. The molecule has 2 heterocycles. The van der Waals surface area contributed by atoms with Crippen molar-refractivity contribution in [2.24, 2.45) is 0 Å². The molecule has 3 aromatic rings. The van der Waals surface area contributed by atoms with Crippen LogP contribution in [0.4, 0.5) is 5.95 Å². The number of fused-ring (bicyclic) bond motifs is 1. The number of rotatable bonds is 4. The summed E-state index contributed by atoms with van der Waals surface area (Å²) in [6.07, 6.45) is 2.07. The summed E-state index contributed by atoms with van der Waals surface area (Å²) in [5.74, 6) is 0.569. The molecule has 0 bridgehead atoms. The molecule has 5 nitrogen and oxygen atoms in total. The van der Waals surface area contributed by atoms with Gasteiger partial charge in [0.1, 0.15) is 0 Å². The molecule has 0 atom stereocenters. The van der Waals surface area contributed by atoms with Crippen LogP contribution in [-0.4, -0.2) is 34.0 Å². The molecule has 1 aromatic heterocycles. The lowest BCUT2D eigenvalue weighted by Gasteiger charge is -2.32. The van der Waals surface area contributed by atoms with Gasteiger partial charge in [0.25, 0.3) is 5.56 Å². The van der Waals surface area contributed by atoms with E-state index in [1.807, 2.05) is 18.2 Å². The van der Waals surface area contributed by atoms with Gasteiger partial charge in [0.05, 0.1) is 10.9 Å². The maximum atomic E-state index is 12.2. The van der Waals surface area contributed by atoms with Crippen LogP contribution in [-0.2, 0) is 6.54 Å². The lowest BCUT2D eigenvalue weighted by molar-refractivity contribution is 0.211. The molecule has 2 aromatic carbocycles. The van der Waals surface area contributed by atoms with E-state index in [9.17, 15) is 4.79 Å². The third-order valence-corrected chi connectivity index (χ3v) is 5.39. The van der Waals surface area contributed by atoms with Crippen molar-refractivity contribution >= 4 is 32.8 Å². The lowest BCUT2D eigenvalue weighted by Crippen LogP contribution is -2.39. The third-order valence-electron chi connectivity index (χ3n) is 4.86. The Hall–Kier alpha value is -2.18. The van der Waals surface area contributed by atoms with Gasteiger partial charge in [0.15, 0.2) is 0 Å². The number of para-hydroxylation sites is 1. The molecule has 0 radical (unpaired) electrons. The number of hydrogen-bond acceptors (Lipinski definition) is 4. The largest absolute Gasteiger partial charge is 0.353 e. The Balaban J connectivity index is 1.36. The van der Waals surface area contributed by atoms with Crippen LogP contribution in [0.5, 0.6) is 0 Å². The number of aromatic nitrogens is 2. The Bertz CT molecular complexity index is 946. The summed E-state index contributed by atoms with van der Waals surface area (Å²) in [4.78, 5) is 22.0. The summed E-state index contributed by atoms with van der Waals surface area (Å²) in [5, 5.41) is 4.03. The summed E-state index contributed by atoms with van der Waals surface area (Å²) < 4.78 is 1.11. The molecule has 1 saturated heterocycles. The fourth-order valence-electron chi connectivity index (χ4n) is 3.43. The van der Waals surface area contributed by atoms with Gasteiger partial charge >= 0.3 is 0 Å². The average Bonchev–Trinajstić information content (AvgIpc) is 2.65. The number of hydrogen-bond donors (Lipinski definition) is 2. The van der Waals surface area contributed by atoms with Crippen LogP contribution in [0.2, 0.25) is 0 Å². The zero-order valence-corrected chi connectivity index (χ0v) is 16.0. The molecule has 0 amide bonds. The molecule has 2 N–H and O–H groups in total. The number of halogens is 1. The highest BCUT2D eigenvalue weighted by atomic mass is 79.9. The molecular formula is C20H21BrN4O. The molecule has 0 saturated carbocycles. The van der Waals surface area contributed by atoms with Crippen LogP contribution in [0.1, 0.15) is 18.4 Å². The van der Waals surface area contributed by atoms with Crippen LogP contribution in [0, 0.1) is 0 Å². The number of anilines is 1. The van der Waals surface area contributed by atoms with E-state index in [0.29, 0.717) is 17.4 Å². The van der Waals surface area contributed by atoms with Gasteiger partial charge in [-0.3, -0.25) is 14.7 Å². The molecule has 26 heavy (non-hydrogen) atoms. The van der Waals surface area contributed by atoms with E-state index in [0.717, 1.165) is 42.5 Å². The van der Waals surface area contributed by atoms with Crippen molar-refractivity contribution in [3.8, 4) is 0 Å². The van der Waals surface area contributed by atoms with E-state index >= 15 is 0 Å². The van der Waals surface area contributed by atoms with Gasteiger partial charge in [-0.2, -0.15) is 0 Å². The summed E-state index contributed by atoms with van der Waals surface area (Å²) >= 11 is 3.48. The average molecular weight is 413 g/mol. The highest BCUT2D eigenvalue weighted by Gasteiger charge is 2.20. The minimum Gasteiger partial charge on any atom is -0.353 e. The monoisotopic (exact) mass is 412 g/mol. The Morgan fingerprint density at radius 2 is 1.85 bits per heavy atom. The number of benzene rings is 2. The first-order valence-corrected chi connectivity index (χ1v) is 9.69. The van der Waals surface area contributed by atoms with Gasteiger partial charge in [-0.15, -0.1) is 0 Å². The minimum atomic E-state index is -0.0919. The molecule has 0 unspecified atom stereocenters. The first-order chi connectivity index (χ1) is 12.7. The number of H-pyrrole nitrogens is 1. The van der Waals surface area contributed by atoms with Crippen LogP contribution < -0.4 is 10.9 Å². The van der Waals surface area contributed by atoms with Crippen molar-refractivity contribution in [1.29, 1.82) is 0 Å². The van der Waals surface area contributed by atoms with Gasteiger partial charge in [-0.05, 0) is 42.7 Å². The number of aromatic amines is 1. The van der Waals surface area contributed by atoms with E-state index in [2.05, 4.69) is 60.4 Å². The standard InChI is InChI=1S/C20H21BrN4O/c21-15-7-5-14(6-8-15)13-25-11-9-16(10-12-25)22-20-23-18-4-2-1-3-17(18)19(26)24-20/h1-8,16H,9-13H2,(H2,22,23,24,26). The second-order valence-electron chi connectivity index (χ2n) is 6.75. The smallest absolute Gasteiger partial charge is 0.260 e. The van der Waals surface area contributed by atoms with E-state index < -0.39 is 0 Å². The van der Waals surface area contributed by atoms with Crippen molar-refractivity contribution in [3.05, 3.63) is 68.9 Å². The Labute approximate surface area is 160 Å².